The molecule has 3 nitrogen and oxygen atoms in total. The van der Waals surface area contributed by atoms with Gasteiger partial charge in [-0.2, -0.15) is 0 Å². The van der Waals surface area contributed by atoms with E-state index in [9.17, 15) is 0 Å². The largest absolute Gasteiger partial charge is 0.333 e. The smallest absolute Gasteiger partial charge is 0.0948 e. The first kappa shape index (κ1) is 15.2. The molecule has 0 fully saturated rings. The molecule has 0 aromatic carbocycles. The predicted octanol–water partition coefficient (Wildman–Crippen LogP) is 3.45. The van der Waals surface area contributed by atoms with Crippen molar-refractivity contribution in [3.8, 4) is 0 Å². The second kappa shape index (κ2) is 5.43. The van der Waals surface area contributed by atoms with Crippen LogP contribution in [0.25, 0.3) is 0 Å². The van der Waals surface area contributed by atoms with E-state index < -0.39 is 0 Å². The molecule has 0 aliphatic rings. The van der Waals surface area contributed by atoms with Crippen LogP contribution in [-0.2, 0) is 13.1 Å². The van der Waals surface area contributed by atoms with Crippen LogP contribution >= 0.6 is 0 Å². The summed E-state index contributed by atoms with van der Waals surface area (Å²) in [5, 5.41) is 3.52. The summed E-state index contributed by atoms with van der Waals surface area (Å²) in [4.78, 5) is 4.28. The van der Waals surface area contributed by atoms with Crippen LogP contribution in [-0.4, -0.2) is 15.1 Å². The van der Waals surface area contributed by atoms with Crippen LogP contribution < -0.4 is 5.32 Å². The number of nitrogens with zero attached hydrogens (tertiary/aromatic N) is 2. The Bertz CT molecular complexity index is 366. The maximum absolute atomic E-state index is 4.28. The summed E-state index contributed by atoms with van der Waals surface area (Å²) in [6.07, 6.45) is 3.91. The molecule has 1 aromatic heterocycles. The lowest BCUT2D eigenvalue weighted by atomic mass is 9.82. The van der Waals surface area contributed by atoms with Crippen molar-refractivity contribution in [1.82, 2.24) is 14.9 Å². The molecule has 18 heavy (non-hydrogen) atoms. The third kappa shape index (κ3) is 4.81. The van der Waals surface area contributed by atoms with Gasteiger partial charge in [-0.05, 0) is 32.1 Å². The Labute approximate surface area is 112 Å². The first-order valence-corrected chi connectivity index (χ1v) is 6.83. The van der Waals surface area contributed by atoms with E-state index in [0.29, 0.717) is 11.3 Å². The maximum Gasteiger partial charge on any atom is 0.0948 e. The summed E-state index contributed by atoms with van der Waals surface area (Å²) in [7, 11) is 0. The van der Waals surface area contributed by atoms with Gasteiger partial charge in [-0.1, -0.05) is 27.7 Å². The highest BCUT2D eigenvalue weighted by Gasteiger charge is 2.21. The SMILES string of the molecule is CC(Cn1cncc1CNC(C)(C)C)C(C)(C)C. The molecule has 104 valence electrons. The van der Waals surface area contributed by atoms with E-state index >= 15 is 0 Å². The van der Waals surface area contributed by atoms with Crippen LogP contribution in [0.15, 0.2) is 12.5 Å². The number of nitrogens with one attached hydrogen (secondary N) is 1. The Balaban J connectivity index is 2.66. The molecule has 0 saturated heterocycles. The zero-order valence-corrected chi connectivity index (χ0v) is 13.0. The van der Waals surface area contributed by atoms with Gasteiger partial charge in [0.2, 0.25) is 0 Å². The van der Waals surface area contributed by atoms with Gasteiger partial charge in [0.1, 0.15) is 0 Å². The number of imidazole rings is 1. The Kier molecular flexibility index (Phi) is 4.60. The fourth-order valence-corrected chi connectivity index (χ4v) is 1.58. The van der Waals surface area contributed by atoms with E-state index in [2.05, 4.69) is 63.3 Å². The Hall–Kier alpha value is -0.830. The van der Waals surface area contributed by atoms with Gasteiger partial charge in [0.25, 0.3) is 0 Å². The molecule has 1 atom stereocenters. The van der Waals surface area contributed by atoms with Crippen LogP contribution in [0.2, 0.25) is 0 Å². The fourth-order valence-electron chi connectivity index (χ4n) is 1.58. The van der Waals surface area contributed by atoms with Crippen molar-refractivity contribution in [2.75, 3.05) is 0 Å². The fraction of sp³-hybridized carbons (Fsp3) is 0.800. The standard InChI is InChI=1S/C15H29N3/c1-12(14(2,3)4)10-18-11-16-8-13(18)9-17-15(5,6)7/h8,11-12,17H,9-10H2,1-7H3. The molecule has 0 aliphatic carbocycles. The molecule has 0 aliphatic heterocycles. The molecule has 0 bridgehead atoms. The van der Waals surface area contributed by atoms with Gasteiger partial charge in [0, 0.05) is 24.8 Å². The summed E-state index contributed by atoms with van der Waals surface area (Å²) in [6, 6.07) is 0. The predicted molar refractivity (Wildman–Crippen MR) is 77.4 cm³/mol. The minimum absolute atomic E-state index is 0.144. The highest BCUT2D eigenvalue weighted by Crippen LogP contribution is 2.27. The Morgan fingerprint density at radius 1 is 1.22 bits per heavy atom. The highest BCUT2D eigenvalue weighted by molar-refractivity contribution is 4.99. The summed E-state index contributed by atoms with van der Waals surface area (Å²) < 4.78 is 2.27. The summed E-state index contributed by atoms with van der Waals surface area (Å²) in [5.41, 5.74) is 1.74. The van der Waals surface area contributed by atoms with E-state index in [4.69, 9.17) is 0 Å². The van der Waals surface area contributed by atoms with Crippen molar-refractivity contribution in [3.63, 3.8) is 0 Å². The molecule has 0 amide bonds. The Morgan fingerprint density at radius 3 is 2.33 bits per heavy atom. The normalized spacial score (nSPS) is 14.8. The first-order valence-electron chi connectivity index (χ1n) is 6.83. The van der Waals surface area contributed by atoms with Crippen molar-refractivity contribution in [1.29, 1.82) is 0 Å². The van der Waals surface area contributed by atoms with Gasteiger partial charge in [0.15, 0.2) is 0 Å². The van der Waals surface area contributed by atoms with Gasteiger partial charge >= 0.3 is 0 Å². The van der Waals surface area contributed by atoms with Crippen molar-refractivity contribution < 1.29 is 0 Å². The molecule has 1 aromatic rings. The second-order valence-electron chi connectivity index (χ2n) is 7.41. The minimum Gasteiger partial charge on any atom is -0.333 e. The Morgan fingerprint density at radius 2 is 1.83 bits per heavy atom. The third-order valence-electron chi connectivity index (χ3n) is 3.55. The van der Waals surface area contributed by atoms with E-state index in [0.717, 1.165) is 13.1 Å². The van der Waals surface area contributed by atoms with Gasteiger partial charge in [-0.25, -0.2) is 4.98 Å². The third-order valence-corrected chi connectivity index (χ3v) is 3.55. The zero-order chi connectivity index (χ0) is 14.0. The molecule has 1 heterocycles. The van der Waals surface area contributed by atoms with Crippen molar-refractivity contribution >= 4 is 0 Å². The van der Waals surface area contributed by atoms with E-state index in [-0.39, 0.29) is 5.54 Å². The summed E-state index contributed by atoms with van der Waals surface area (Å²) >= 11 is 0. The van der Waals surface area contributed by atoms with Crippen molar-refractivity contribution in [3.05, 3.63) is 18.2 Å². The number of rotatable bonds is 4. The average molecular weight is 251 g/mol. The number of hydrogen-bond donors (Lipinski definition) is 1. The molecule has 1 unspecified atom stereocenters. The van der Waals surface area contributed by atoms with Crippen LogP contribution in [0.5, 0.6) is 0 Å². The van der Waals surface area contributed by atoms with E-state index in [1.807, 2.05) is 12.5 Å². The monoisotopic (exact) mass is 251 g/mol. The van der Waals surface area contributed by atoms with Crippen molar-refractivity contribution in [2.45, 2.75) is 67.1 Å². The zero-order valence-electron chi connectivity index (χ0n) is 13.0. The molecule has 0 radical (unpaired) electrons. The van der Waals surface area contributed by atoms with Crippen LogP contribution in [0.4, 0.5) is 0 Å². The van der Waals surface area contributed by atoms with Crippen molar-refractivity contribution in [2.24, 2.45) is 11.3 Å². The summed E-state index contributed by atoms with van der Waals surface area (Å²) in [6.45, 7) is 17.7. The van der Waals surface area contributed by atoms with Crippen LogP contribution in [0, 0.1) is 11.3 Å². The molecule has 3 heteroatoms. The van der Waals surface area contributed by atoms with E-state index in [1.165, 1.54) is 5.69 Å². The lowest BCUT2D eigenvalue weighted by Crippen LogP contribution is -2.36. The lowest BCUT2D eigenvalue weighted by Gasteiger charge is -2.28. The molecule has 0 saturated carbocycles. The van der Waals surface area contributed by atoms with Gasteiger partial charge in [0.05, 0.1) is 12.0 Å². The minimum atomic E-state index is 0.144. The molecule has 1 rings (SSSR count). The van der Waals surface area contributed by atoms with Gasteiger partial charge < -0.3 is 9.88 Å². The van der Waals surface area contributed by atoms with Gasteiger partial charge in [-0.15, -0.1) is 0 Å². The quantitative estimate of drug-likeness (QED) is 0.888. The maximum atomic E-state index is 4.28. The molecular formula is C15H29N3. The van der Waals surface area contributed by atoms with Crippen LogP contribution in [0.3, 0.4) is 0 Å². The number of hydrogen-bond acceptors (Lipinski definition) is 2. The van der Waals surface area contributed by atoms with E-state index in [1.54, 1.807) is 0 Å². The topological polar surface area (TPSA) is 29.9 Å². The van der Waals surface area contributed by atoms with Gasteiger partial charge in [-0.3, -0.25) is 0 Å². The van der Waals surface area contributed by atoms with Crippen LogP contribution in [0.1, 0.15) is 54.2 Å². The second-order valence-corrected chi connectivity index (χ2v) is 7.41. The molecular weight excluding hydrogens is 222 g/mol. The lowest BCUT2D eigenvalue weighted by molar-refractivity contribution is 0.230. The number of aromatic nitrogens is 2. The first-order chi connectivity index (χ1) is 8.09. The molecule has 0 spiro atoms. The molecule has 1 N–H and O–H groups in total. The summed E-state index contributed by atoms with van der Waals surface area (Å²) in [5.74, 6) is 0.625. The highest BCUT2D eigenvalue weighted by atomic mass is 15.1. The average Bonchev–Trinajstić information content (AvgIpc) is 2.59.